The average molecular weight is 436 g/mol. The molecule has 0 saturated carbocycles. The van der Waals surface area contributed by atoms with Crippen LogP contribution in [-0.2, 0) is 0 Å². The minimum Gasteiger partial charge on any atom is -0.346 e. The number of carbonyl (C=O) groups is 1. The molecule has 0 aliphatic rings. The Balaban J connectivity index is 1.67. The maximum absolute atomic E-state index is 13.0. The molecule has 1 amide bonds. The van der Waals surface area contributed by atoms with E-state index in [9.17, 15) is 9.59 Å². The van der Waals surface area contributed by atoms with E-state index in [1.165, 1.54) is 4.57 Å². The molecule has 0 radical (unpaired) electrons. The topological polar surface area (TPSA) is 66.9 Å². The smallest absolute Gasteiger partial charge is 0.266 e. The summed E-state index contributed by atoms with van der Waals surface area (Å²) in [5, 5.41) is 4.05. The number of carbonyl (C=O) groups excluding carboxylic acids is 1. The maximum Gasteiger partial charge on any atom is 0.266 e. The molecule has 1 aromatic heterocycles. The Labute approximate surface area is 183 Å². The van der Waals surface area contributed by atoms with Crippen LogP contribution in [0.15, 0.2) is 77.6 Å². The van der Waals surface area contributed by atoms with Crippen LogP contribution in [0.4, 0.5) is 0 Å². The lowest BCUT2D eigenvalue weighted by Crippen LogP contribution is -2.27. The summed E-state index contributed by atoms with van der Waals surface area (Å²) in [6, 6.07) is 21.2. The standard InChI is InChI=1S/C23H18ClN3O2S/c1-14(15-7-10-17(24)11-8-15)25-21(28)16-9-12-19-20(13-16)26-23(30)27(22(19)29)18-5-3-2-4-6-18/h2-14H,1H3,(H,25,28)(H,26,30). The molecule has 0 aliphatic heterocycles. The molecule has 1 heterocycles. The minimum atomic E-state index is -0.245. The summed E-state index contributed by atoms with van der Waals surface area (Å²) in [7, 11) is 0. The molecule has 3 aromatic carbocycles. The Morgan fingerprint density at radius 2 is 1.77 bits per heavy atom. The number of halogens is 1. The van der Waals surface area contributed by atoms with Gasteiger partial charge >= 0.3 is 0 Å². The zero-order valence-electron chi connectivity index (χ0n) is 16.1. The predicted molar refractivity (Wildman–Crippen MR) is 122 cm³/mol. The first kappa shape index (κ1) is 20.1. The van der Waals surface area contributed by atoms with Crippen molar-refractivity contribution in [3.63, 3.8) is 0 Å². The van der Waals surface area contributed by atoms with Crippen molar-refractivity contribution in [2.75, 3.05) is 0 Å². The van der Waals surface area contributed by atoms with Crippen LogP contribution in [0.1, 0.15) is 28.9 Å². The number of amides is 1. The number of aromatic amines is 1. The molecule has 0 saturated heterocycles. The lowest BCUT2D eigenvalue weighted by molar-refractivity contribution is 0.0940. The van der Waals surface area contributed by atoms with Gasteiger partial charge in [-0.2, -0.15) is 0 Å². The lowest BCUT2D eigenvalue weighted by Gasteiger charge is -2.15. The van der Waals surface area contributed by atoms with E-state index in [0.717, 1.165) is 5.56 Å². The van der Waals surface area contributed by atoms with Crippen molar-refractivity contribution >= 4 is 40.6 Å². The van der Waals surface area contributed by atoms with E-state index in [2.05, 4.69) is 10.3 Å². The van der Waals surface area contributed by atoms with Crippen molar-refractivity contribution in [3.8, 4) is 5.69 Å². The molecule has 1 atom stereocenters. The second kappa shape index (κ2) is 8.26. The van der Waals surface area contributed by atoms with Crippen molar-refractivity contribution in [2.24, 2.45) is 0 Å². The fourth-order valence-corrected chi connectivity index (χ4v) is 3.71. The summed E-state index contributed by atoms with van der Waals surface area (Å²) in [6.45, 7) is 1.90. The summed E-state index contributed by atoms with van der Waals surface area (Å²) >= 11 is 11.3. The summed E-state index contributed by atoms with van der Waals surface area (Å²) in [4.78, 5) is 28.8. The highest BCUT2D eigenvalue weighted by atomic mass is 35.5. The van der Waals surface area contributed by atoms with Gasteiger partial charge in [0.05, 0.1) is 22.6 Å². The van der Waals surface area contributed by atoms with Crippen LogP contribution in [0.5, 0.6) is 0 Å². The van der Waals surface area contributed by atoms with Crippen molar-refractivity contribution < 1.29 is 4.79 Å². The monoisotopic (exact) mass is 435 g/mol. The molecule has 150 valence electrons. The van der Waals surface area contributed by atoms with Gasteiger partial charge < -0.3 is 10.3 Å². The molecule has 4 rings (SSSR count). The van der Waals surface area contributed by atoms with E-state index in [4.69, 9.17) is 23.8 Å². The number of aromatic nitrogens is 2. The predicted octanol–water partition coefficient (Wildman–Crippen LogP) is 5.19. The number of rotatable bonds is 4. The van der Waals surface area contributed by atoms with Crippen molar-refractivity contribution in [2.45, 2.75) is 13.0 Å². The maximum atomic E-state index is 13.0. The zero-order chi connectivity index (χ0) is 21.3. The van der Waals surface area contributed by atoms with Crippen LogP contribution >= 0.6 is 23.8 Å². The first-order chi connectivity index (χ1) is 14.4. The van der Waals surface area contributed by atoms with Gasteiger partial charge in [-0.25, -0.2) is 0 Å². The summed E-state index contributed by atoms with van der Waals surface area (Å²) in [6.07, 6.45) is 0. The van der Waals surface area contributed by atoms with Crippen LogP contribution in [-0.4, -0.2) is 15.5 Å². The molecule has 0 spiro atoms. The molecule has 30 heavy (non-hydrogen) atoms. The van der Waals surface area contributed by atoms with Crippen LogP contribution in [0.25, 0.3) is 16.6 Å². The molecule has 7 heteroatoms. The highest BCUT2D eigenvalue weighted by molar-refractivity contribution is 7.71. The second-order valence-corrected chi connectivity index (χ2v) is 7.74. The number of H-pyrrole nitrogens is 1. The molecule has 2 N–H and O–H groups in total. The summed E-state index contributed by atoms with van der Waals surface area (Å²) < 4.78 is 1.71. The molecule has 0 fully saturated rings. The molecule has 5 nitrogen and oxygen atoms in total. The molecule has 1 unspecified atom stereocenters. The van der Waals surface area contributed by atoms with Gasteiger partial charge in [0.1, 0.15) is 0 Å². The first-order valence-electron chi connectivity index (χ1n) is 9.35. The lowest BCUT2D eigenvalue weighted by atomic mass is 10.1. The number of nitrogens with one attached hydrogen (secondary N) is 2. The number of hydrogen-bond acceptors (Lipinski definition) is 3. The zero-order valence-corrected chi connectivity index (χ0v) is 17.6. The third-order valence-electron chi connectivity index (χ3n) is 4.89. The normalized spacial score (nSPS) is 11.9. The largest absolute Gasteiger partial charge is 0.346 e. The number of nitrogens with zero attached hydrogens (tertiary/aromatic N) is 1. The van der Waals surface area contributed by atoms with Gasteiger partial charge in [0.25, 0.3) is 11.5 Å². The van der Waals surface area contributed by atoms with Crippen LogP contribution in [0.3, 0.4) is 0 Å². The van der Waals surface area contributed by atoms with Gasteiger partial charge in [0, 0.05) is 10.6 Å². The van der Waals surface area contributed by atoms with Crippen molar-refractivity contribution in [1.29, 1.82) is 0 Å². The Bertz CT molecular complexity index is 1350. The summed E-state index contributed by atoms with van der Waals surface area (Å²) in [5.74, 6) is -0.245. The number of benzene rings is 3. The Hall–Kier alpha value is -3.22. The molecular weight excluding hydrogens is 418 g/mol. The summed E-state index contributed by atoms with van der Waals surface area (Å²) in [5.41, 5.74) is 2.35. The number of fused-ring (bicyclic) bond motifs is 1. The van der Waals surface area contributed by atoms with E-state index >= 15 is 0 Å². The molecular formula is C23H18ClN3O2S. The van der Waals surface area contributed by atoms with Crippen molar-refractivity contribution in [1.82, 2.24) is 14.9 Å². The van der Waals surface area contributed by atoms with Gasteiger partial charge in [-0.05, 0) is 67.2 Å². The molecule has 0 bridgehead atoms. The fourth-order valence-electron chi connectivity index (χ4n) is 3.29. The highest BCUT2D eigenvalue weighted by Crippen LogP contribution is 2.18. The average Bonchev–Trinajstić information content (AvgIpc) is 2.74. The Morgan fingerprint density at radius 3 is 2.47 bits per heavy atom. The van der Waals surface area contributed by atoms with Gasteiger partial charge in [-0.3, -0.25) is 14.2 Å². The van der Waals surface area contributed by atoms with E-state index < -0.39 is 0 Å². The Kier molecular flexibility index (Phi) is 5.53. The first-order valence-corrected chi connectivity index (χ1v) is 10.1. The third kappa shape index (κ3) is 3.92. The van der Waals surface area contributed by atoms with E-state index in [0.29, 0.717) is 27.2 Å². The fraction of sp³-hybridized carbons (Fsp3) is 0.0870. The Morgan fingerprint density at radius 1 is 1.07 bits per heavy atom. The molecule has 4 aromatic rings. The van der Waals surface area contributed by atoms with E-state index in [1.54, 1.807) is 30.3 Å². The van der Waals surface area contributed by atoms with Gasteiger partial charge in [-0.15, -0.1) is 0 Å². The van der Waals surface area contributed by atoms with Crippen LogP contribution < -0.4 is 10.9 Å². The quantitative estimate of drug-likeness (QED) is 0.433. The van der Waals surface area contributed by atoms with Crippen LogP contribution in [0, 0.1) is 4.77 Å². The van der Waals surface area contributed by atoms with Gasteiger partial charge in [-0.1, -0.05) is 41.9 Å². The third-order valence-corrected chi connectivity index (χ3v) is 5.43. The van der Waals surface area contributed by atoms with Crippen molar-refractivity contribution in [3.05, 3.63) is 104 Å². The van der Waals surface area contributed by atoms with E-state index in [-0.39, 0.29) is 22.3 Å². The number of hydrogen-bond donors (Lipinski definition) is 2. The minimum absolute atomic E-state index is 0.199. The highest BCUT2D eigenvalue weighted by Gasteiger charge is 2.14. The van der Waals surface area contributed by atoms with E-state index in [1.807, 2.05) is 49.4 Å². The number of para-hydroxylation sites is 1. The second-order valence-electron chi connectivity index (χ2n) is 6.91. The molecule has 0 aliphatic carbocycles. The van der Waals surface area contributed by atoms with Gasteiger partial charge in [0.15, 0.2) is 4.77 Å². The van der Waals surface area contributed by atoms with Crippen LogP contribution in [0.2, 0.25) is 5.02 Å². The SMILES string of the molecule is CC(NC(=O)c1ccc2c(=O)n(-c3ccccc3)c(=S)[nH]c2c1)c1ccc(Cl)cc1. The van der Waals surface area contributed by atoms with Gasteiger partial charge in [0.2, 0.25) is 0 Å².